The van der Waals surface area contributed by atoms with Crippen LogP contribution in [-0.4, -0.2) is 63.1 Å². The maximum absolute atomic E-state index is 12.3. The smallest absolute Gasteiger partial charge is 0.223 e. The molecule has 0 unspecified atom stereocenters. The third kappa shape index (κ3) is 6.32. The second kappa shape index (κ2) is 9.20. The van der Waals surface area contributed by atoms with Crippen molar-refractivity contribution in [3.63, 3.8) is 0 Å². The Labute approximate surface area is 150 Å². The fourth-order valence-corrected chi connectivity index (χ4v) is 3.86. The highest BCUT2D eigenvalue weighted by atomic mass is 32.2. The summed E-state index contributed by atoms with van der Waals surface area (Å²) in [6.45, 7) is 2.20. The number of rotatable bonds is 8. The van der Waals surface area contributed by atoms with Crippen LogP contribution in [0.5, 0.6) is 5.75 Å². The number of carbonyl (C=O) groups excluding carboxylic acids is 1. The zero-order chi connectivity index (χ0) is 18.3. The first-order valence-electron chi connectivity index (χ1n) is 8.76. The number of benzene rings is 1. The van der Waals surface area contributed by atoms with Crippen LogP contribution in [-0.2, 0) is 21.2 Å². The van der Waals surface area contributed by atoms with Crippen LogP contribution in [0, 0.1) is 0 Å². The highest BCUT2D eigenvalue weighted by Crippen LogP contribution is 2.14. The summed E-state index contributed by atoms with van der Waals surface area (Å²) in [5.74, 6) is 0.827. The largest absolute Gasteiger partial charge is 0.497 e. The molecular formula is C18H28N2O4S. The molecule has 1 aromatic carbocycles. The maximum Gasteiger partial charge on any atom is 0.223 e. The molecule has 0 atom stereocenters. The minimum absolute atomic E-state index is 0.0535. The second-order valence-electron chi connectivity index (χ2n) is 6.45. The van der Waals surface area contributed by atoms with E-state index in [1.807, 2.05) is 29.2 Å². The fourth-order valence-electron chi connectivity index (χ4n) is 3.01. The molecule has 7 heteroatoms. The van der Waals surface area contributed by atoms with Crippen molar-refractivity contribution in [3.8, 4) is 5.75 Å². The van der Waals surface area contributed by atoms with Crippen LogP contribution in [0.1, 0.15) is 31.2 Å². The van der Waals surface area contributed by atoms with Gasteiger partial charge in [0.25, 0.3) is 0 Å². The maximum atomic E-state index is 12.3. The van der Waals surface area contributed by atoms with Crippen molar-refractivity contribution in [1.82, 2.24) is 9.21 Å². The Bertz CT molecular complexity index is 652. The highest BCUT2D eigenvalue weighted by molar-refractivity contribution is 7.88. The number of piperidine rings is 1. The lowest BCUT2D eigenvalue weighted by molar-refractivity contribution is -0.132. The molecule has 140 valence electrons. The lowest BCUT2D eigenvalue weighted by Gasteiger charge is -2.28. The van der Waals surface area contributed by atoms with Crippen LogP contribution in [0.4, 0.5) is 0 Å². The van der Waals surface area contributed by atoms with Crippen LogP contribution >= 0.6 is 0 Å². The van der Waals surface area contributed by atoms with Gasteiger partial charge in [-0.2, -0.15) is 0 Å². The zero-order valence-electron chi connectivity index (χ0n) is 15.1. The third-order valence-corrected chi connectivity index (χ3v) is 5.86. The van der Waals surface area contributed by atoms with Gasteiger partial charge in [-0.15, -0.1) is 0 Å². The molecule has 0 aliphatic carbocycles. The van der Waals surface area contributed by atoms with Crippen molar-refractivity contribution in [3.05, 3.63) is 29.8 Å². The van der Waals surface area contributed by atoms with Crippen LogP contribution in [0.25, 0.3) is 0 Å². The van der Waals surface area contributed by atoms with Gasteiger partial charge in [-0.25, -0.2) is 12.7 Å². The first-order valence-corrected chi connectivity index (χ1v) is 10.6. The summed E-state index contributed by atoms with van der Waals surface area (Å²) in [7, 11) is -1.73. The molecule has 1 heterocycles. The first kappa shape index (κ1) is 19.7. The summed E-state index contributed by atoms with van der Waals surface area (Å²) < 4.78 is 30.6. The van der Waals surface area contributed by atoms with Gasteiger partial charge in [0.2, 0.25) is 15.9 Å². The Hall–Kier alpha value is -1.60. The number of likely N-dealkylation sites (tertiary alicyclic amines) is 1. The standard InChI is InChI=1S/C18H28N2O4S/c1-24-17-8-6-16(7-9-17)10-14-20(25(2,22)23)15-11-18(21)19-12-4-3-5-13-19/h6-9H,3-5,10-15H2,1-2H3. The molecule has 0 radical (unpaired) electrons. The van der Waals surface area contributed by atoms with E-state index < -0.39 is 10.0 Å². The lowest BCUT2D eigenvalue weighted by atomic mass is 10.1. The minimum Gasteiger partial charge on any atom is -0.497 e. The molecule has 0 N–H and O–H groups in total. The number of sulfonamides is 1. The predicted octanol–water partition coefficient (Wildman–Crippen LogP) is 1.90. The minimum atomic E-state index is -3.34. The molecule has 1 aromatic rings. The topological polar surface area (TPSA) is 66.9 Å². The van der Waals surface area contributed by atoms with Crippen LogP contribution in [0.2, 0.25) is 0 Å². The van der Waals surface area contributed by atoms with Gasteiger partial charge in [0.1, 0.15) is 5.75 Å². The molecule has 1 saturated heterocycles. The highest BCUT2D eigenvalue weighted by Gasteiger charge is 2.21. The lowest BCUT2D eigenvalue weighted by Crippen LogP contribution is -2.39. The van der Waals surface area contributed by atoms with E-state index in [9.17, 15) is 13.2 Å². The quantitative estimate of drug-likeness (QED) is 0.703. The van der Waals surface area contributed by atoms with Gasteiger partial charge >= 0.3 is 0 Å². The summed E-state index contributed by atoms with van der Waals surface area (Å²) in [6, 6.07) is 7.58. The fraction of sp³-hybridized carbons (Fsp3) is 0.611. The molecule has 1 fully saturated rings. The van der Waals surface area contributed by atoms with Crippen molar-refractivity contribution in [2.45, 2.75) is 32.1 Å². The van der Waals surface area contributed by atoms with Crippen molar-refractivity contribution in [2.75, 3.05) is 39.5 Å². The van der Waals surface area contributed by atoms with Crippen LogP contribution in [0.15, 0.2) is 24.3 Å². The van der Waals surface area contributed by atoms with Crippen LogP contribution < -0.4 is 4.74 Å². The Morgan fingerprint density at radius 2 is 1.76 bits per heavy atom. The Kier molecular flexibility index (Phi) is 7.25. The van der Waals surface area contributed by atoms with E-state index in [-0.39, 0.29) is 18.9 Å². The number of hydrogen-bond acceptors (Lipinski definition) is 4. The monoisotopic (exact) mass is 368 g/mol. The van der Waals surface area contributed by atoms with Gasteiger partial charge in [0.15, 0.2) is 0 Å². The molecule has 25 heavy (non-hydrogen) atoms. The molecule has 0 bridgehead atoms. The molecule has 1 amide bonds. The van der Waals surface area contributed by atoms with E-state index in [1.165, 1.54) is 17.0 Å². The Balaban J connectivity index is 1.88. The van der Waals surface area contributed by atoms with Gasteiger partial charge in [-0.05, 0) is 43.4 Å². The van der Waals surface area contributed by atoms with Crippen molar-refractivity contribution >= 4 is 15.9 Å². The van der Waals surface area contributed by atoms with Gasteiger partial charge in [0, 0.05) is 32.6 Å². The summed E-state index contributed by atoms with van der Waals surface area (Å²) in [5.41, 5.74) is 1.04. The van der Waals surface area contributed by atoms with Gasteiger partial charge in [-0.3, -0.25) is 4.79 Å². The predicted molar refractivity (Wildman–Crippen MR) is 98.2 cm³/mol. The molecule has 6 nitrogen and oxygen atoms in total. The molecule has 0 spiro atoms. The number of carbonyl (C=O) groups is 1. The Morgan fingerprint density at radius 1 is 1.12 bits per heavy atom. The summed E-state index contributed by atoms with van der Waals surface area (Å²) >= 11 is 0. The first-order chi connectivity index (χ1) is 11.9. The van der Waals surface area contributed by atoms with Gasteiger partial charge in [-0.1, -0.05) is 12.1 Å². The van der Waals surface area contributed by atoms with E-state index in [0.29, 0.717) is 13.0 Å². The van der Waals surface area contributed by atoms with E-state index in [0.717, 1.165) is 37.2 Å². The van der Waals surface area contributed by atoms with E-state index in [1.54, 1.807) is 7.11 Å². The normalized spacial score (nSPS) is 15.4. The zero-order valence-corrected chi connectivity index (χ0v) is 15.9. The molecule has 1 aliphatic heterocycles. The van der Waals surface area contributed by atoms with Crippen molar-refractivity contribution in [1.29, 1.82) is 0 Å². The van der Waals surface area contributed by atoms with Crippen molar-refractivity contribution < 1.29 is 17.9 Å². The summed E-state index contributed by atoms with van der Waals surface area (Å²) in [4.78, 5) is 14.1. The third-order valence-electron chi connectivity index (χ3n) is 4.56. The van der Waals surface area contributed by atoms with E-state index in [2.05, 4.69) is 0 Å². The molecular weight excluding hydrogens is 340 g/mol. The number of ether oxygens (including phenoxy) is 1. The second-order valence-corrected chi connectivity index (χ2v) is 8.43. The summed E-state index contributed by atoms with van der Waals surface area (Å²) in [5, 5.41) is 0. The van der Waals surface area contributed by atoms with Crippen molar-refractivity contribution in [2.24, 2.45) is 0 Å². The SMILES string of the molecule is COc1ccc(CCN(CCC(=O)N2CCCCC2)S(C)(=O)=O)cc1. The van der Waals surface area contributed by atoms with E-state index in [4.69, 9.17) is 4.74 Å². The van der Waals surface area contributed by atoms with Gasteiger partial charge < -0.3 is 9.64 Å². The number of nitrogens with zero attached hydrogens (tertiary/aromatic N) is 2. The van der Waals surface area contributed by atoms with Gasteiger partial charge in [0.05, 0.1) is 13.4 Å². The molecule has 2 rings (SSSR count). The number of methoxy groups -OCH3 is 1. The Morgan fingerprint density at radius 3 is 2.32 bits per heavy atom. The number of amides is 1. The van der Waals surface area contributed by atoms with Crippen LogP contribution in [0.3, 0.4) is 0 Å². The number of hydrogen-bond donors (Lipinski definition) is 0. The van der Waals surface area contributed by atoms with E-state index >= 15 is 0 Å². The molecule has 0 aromatic heterocycles. The summed E-state index contributed by atoms with van der Waals surface area (Å²) in [6.07, 6.45) is 5.30. The average molecular weight is 368 g/mol. The molecule has 0 saturated carbocycles. The average Bonchev–Trinajstić information content (AvgIpc) is 2.61. The molecule has 1 aliphatic rings.